The third kappa shape index (κ3) is 3.13. The van der Waals surface area contributed by atoms with Crippen LogP contribution in [0.2, 0.25) is 0 Å². The lowest BCUT2D eigenvalue weighted by Gasteiger charge is -2.12. The van der Waals surface area contributed by atoms with Crippen molar-refractivity contribution >= 4 is 17.3 Å². The summed E-state index contributed by atoms with van der Waals surface area (Å²) in [4.78, 5) is 8.48. The van der Waals surface area contributed by atoms with Crippen molar-refractivity contribution in [2.75, 3.05) is 24.3 Å². The first-order chi connectivity index (χ1) is 9.24. The number of nitrogens with one attached hydrogen (secondary N) is 2. The molecule has 0 spiro atoms. The van der Waals surface area contributed by atoms with E-state index in [1.165, 1.54) is 0 Å². The minimum absolute atomic E-state index is 0.802. The molecule has 19 heavy (non-hydrogen) atoms. The zero-order valence-corrected chi connectivity index (χ0v) is 11.4. The molecule has 2 rings (SSSR count). The highest BCUT2D eigenvalue weighted by molar-refractivity contribution is 5.64. The molecule has 5 heteroatoms. The quantitative estimate of drug-likeness (QED) is 0.863. The average Bonchev–Trinajstić information content (AvgIpc) is 2.44. The summed E-state index contributed by atoms with van der Waals surface area (Å²) in [6, 6.07) is 7.72. The van der Waals surface area contributed by atoms with Gasteiger partial charge in [0.25, 0.3) is 0 Å². The monoisotopic (exact) mass is 258 g/mol. The van der Waals surface area contributed by atoms with E-state index in [-0.39, 0.29) is 0 Å². The van der Waals surface area contributed by atoms with Gasteiger partial charge in [0.2, 0.25) is 0 Å². The number of aromatic nitrogens is 2. The second-order valence-electron chi connectivity index (χ2n) is 4.08. The molecule has 0 saturated carbocycles. The molecule has 5 nitrogen and oxygen atoms in total. The predicted molar refractivity (Wildman–Crippen MR) is 77.2 cm³/mol. The molecule has 0 fully saturated rings. The van der Waals surface area contributed by atoms with Crippen molar-refractivity contribution in [3.05, 3.63) is 36.2 Å². The smallest absolute Gasteiger partial charge is 0.138 e. The zero-order valence-electron chi connectivity index (χ0n) is 11.4. The molecule has 0 radical (unpaired) electrons. The van der Waals surface area contributed by atoms with Gasteiger partial charge in [0, 0.05) is 17.8 Å². The van der Waals surface area contributed by atoms with Crippen LogP contribution in [-0.4, -0.2) is 23.6 Å². The second-order valence-corrected chi connectivity index (χ2v) is 4.08. The van der Waals surface area contributed by atoms with Gasteiger partial charge in [-0.25, -0.2) is 9.97 Å². The first-order valence-corrected chi connectivity index (χ1v) is 6.21. The minimum atomic E-state index is 0.802. The highest BCUT2D eigenvalue weighted by Gasteiger charge is 2.06. The van der Waals surface area contributed by atoms with Crippen molar-refractivity contribution in [3.8, 4) is 5.75 Å². The van der Waals surface area contributed by atoms with E-state index in [0.29, 0.717) is 0 Å². The van der Waals surface area contributed by atoms with E-state index in [1.807, 2.05) is 38.1 Å². The van der Waals surface area contributed by atoms with Crippen molar-refractivity contribution in [1.29, 1.82) is 0 Å². The molecule has 1 heterocycles. The van der Waals surface area contributed by atoms with Gasteiger partial charge in [-0.2, -0.15) is 0 Å². The largest absolute Gasteiger partial charge is 0.497 e. The summed E-state index contributed by atoms with van der Waals surface area (Å²) in [5.41, 5.74) is 1.96. The van der Waals surface area contributed by atoms with E-state index in [4.69, 9.17) is 4.74 Å². The first kappa shape index (κ1) is 13.1. The topological polar surface area (TPSA) is 59.1 Å². The number of benzene rings is 1. The Balaban J connectivity index is 2.20. The Morgan fingerprint density at radius 3 is 2.42 bits per heavy atom. The lowest BCUT2D eigenvalue weighted by atomic mass is 10.2. The fourth-order valence-corrected chi connectivity index (χ4v) is 1.73. The van der Waals surface area contributed by atoms with Crippen molar-refractivity contribution in [2.24, 2.45) is 0 Å². The Kier molecular flexibility index (Phi) is 4.18. The van der Waals surface area contributed by atoms with Crippen LogP contribution < -0.4 is 15.4 Å². The van der Waals surface area contributed by atoms with E-state index in [9.17, 15) is 0 Å². The summed E-state index contributed by atoms with van der Waals surface area (Å²) >= 11 is 0. The number of hydrogen-bond acceptors (Lipinski definition) is 5. The lowest BCUT2D eigenvalue weighted by molar-refractivity contribution is 0.415. The van der Waals surface area contributed by atoms with Gasteiger partial charge in [0.1, 0.15) is 23.7 Å². The predicted octanol–water partition coefficient (Wildman–Crippen LogP) is 2.97. The molecular weight excluding hydrogens is 240 g/mol. The molecule has 1 aromatic heterocycles. The number of ether oxygens (including phenoxy) is 1. The number of rotatable bonds is 5. The highest BCUT2D eigenvalue weighted by Crippen LogP contribution is 2.23. The maximum Gasteiger partial charge on any atom is 0.138 e. The molecule has 0 atom stereocenters. The number of nitrogens with zero attached hydrogens (tertiary/aromatic N) is 2. The van der Waals surface area contributed by atoms with Crippen LogP contribution >= 0.6 is 0 Å². The zero-order chi connectivity index (χ0) is 13.7. The molecule has 0 unspecified atom stereocenters. The van der Waals surface area contributed by atoms with Crippen LogP contribution in [0.4, 0.5) is 17.3 Å². The Morgan fingerprint density at radius 1 is 1.11 bits per heavy atom. The third-order valence-electron chi connectivity index (χ3n) is 2.78. The fraction of sp³-hybridized carbons (Fsp3) is 0.286. The van der Waals surface area contributed by atoms with Crippen molar-refractivity contribution in [3.63, 3.8) is 0 Å². The molecule has 1 aromatic carbocycles. The molecule has 0 aliphatic heterocycles. The number of anilines is 3. The van der Waals surface area contributed by atoms with Crippen molar-refractivity contribution in [1.82, 2.24) is 9.97 Å². The van der Waals surface area contributed by atoms with Crippen LogP contribution in [0.1, 0.15) is 12.5 Å². The second kappa shape index (κ2) is 6.04. The Labute approximate surface area is 113 Å². The van der Waals surface area contributed by atoms with Crippen LogP contribution in [0.25, 0.3) is 0 Å². The van der Waals surface area contributed by atoms with Crippen LogP contribution in [0.15, 0.2) is 30.6 Å². The van der Waals surface area contributed by atoms with Gasteiger partial charge in [-0.1, -0.05) is 0 Å². The lowest BCUT2D eigenvalue weighted by Crippen LogP contribution is -2.05. The summed E-state index contributed by atoms with van der Waals surface area (Å²) in [7, 11) is 1.65. The van der Waals surface area contributed by atoms with E-state index in [1.54, 1.807) is 13.4 Å². The minimum Gasteiger partial charge on any atom is -0.497 e. The van der Waals surface area contributed by atoms with Gasteiger partial charge in [-0.15, -0.1) is 0 Å². The SMILES string of the molecule is CCNc1ncnc(Nc2ccc(OC)cc2)c1C. The van der Waals surface area contributed by atoms with Crippen LogP contribution in [0.5, 0.6) is 5.75 Å². The summed E-state index contributed by atoms with van der Waals surface area (Å²) in [5.74, 6) is 2.49. The molecule has 2 aromatic rings. The molecule has 0 amide bonds. The summed E-state index contributed by atoms with van der Waals surface area (Å²) in [6.45, 7) is 4.86. The van der Waals surface area contributed by atoms with Gasteiger partial charge in [0.05, 0.1) is 7.11 Å². The third-order valence-corrected chi connectivity index (χ3v) is 2.78. The van der Waals surface area contributed by atoms with Crippen molar-refractivity contribution in [2.45, 2.75) is 13.8 Å². The van der Waals surface area contributed by atoms with E-state index in [0.717, 1.165) is 35.2 Å². The molecule has 0 aliphatic carbocycles. The maximum absolute atomic E-state index is 5.13. The molecule has 0 saturated heterocycles. The number of methoxy groups -OCH3 is 1. The first-order valence-electron chi connectivity index (χ1n) is 6.21. The summed E-state index contributed by atoms with van der Waals surface area (Å²) < 4.78 is 5.13. The Bertz CT molecular complexity index is 540. The van der Waals surface area contributed by atoms with E-state index >= 15 is 0 Å². The van der Waals surface area contributed by atoms with Gasteiger partial charge in [-0.3, -0.25) is 0 Å². The van der Waals surface area contributed by atoms with E-state index in [2.05, 4.69) is 20.6 Å². The van der Waals surface area contributed by atoms with Crippen LogP contribution in [-0.2, 0) is 0 Å². The molecular formula is C14H18N4O. The summed E-state index contributed by atoms with van der Waals surface area (Å²) in [6.07, 6.45) is 1.55. The Morgan fingerprint density at radius 2 is 1.79 bits per heavy atom. The number of hydrogen-bond donors (Lipinski definition) is 2. The van der Waals surface area contributed by atoms with Crippen molar-refractivity contribution < 1.29 is 4.74 Å². The van der Waals surface area contributed by atoms with Gasteiger partial charge in [-0.05, 0) is 38.1 Å². The molecule has 0 bridgehead atoms. The normalized spacial score (nSPS) is 10.1. The summed E-state index contributed by atoms with van der Waals surface area (Å²) in [5, 5.41) is 6.48. The van der Waals surface area contributed by atoms with Gasteiger partial charge < -0.3 is 15.4 Å². The molecule has 100 valence electrons. The Hall–Kier alpha value is -2.30. The van der Waals surface area contributed by atoms with Gasteiger partial charge in [0.15, 0.2) is 0 Å². The molecule has 0 aliphatic rings. The molecule has 2 N–H and O–H groups in total. The van der Waals surface area contributed by atoms with E-state index < -0.39 is 0 Å². The van der Waals surface area contributed by atoms with Gasteiger partial charge >= 0.3 is 0 Å². The fourth-order valence-electron chi connectivity index (χ4n) is 1.73. The maximum atomic E-state index is 5.13. The standard InChI is InChI=1S/C14H18N4O/c1-4-15-13-10(2)14(17-9-16-13)18-11-5-7-12(19-3)8-6-11/h5-9H,4H2,1-3H3,(H2,15,16,17,18). The van der Waals surface area contributed by atoms with Crippen LogP contribution in [0, 0.1) is 6.92 Å². The average molecular weight is 258 g/mol. The highest BCUT2D eigenvalue weighted by atomic mass is 16.5. The van der Waals surface area contributed by atoms with Crippen LogP contribution in [0.3, 0.4) is 0 Å².